The molecule has 5 nitrogen and oxygen atoms in total. The Hall–Kier alpha value is -1.96. The summed E-state index contributed by atoms with van der Waals surface area (Å²) in [6, 6.07) is 5.29. The zero-order chi connectivity index (χ0) is 17.7. The van der Waals surface area contributed by atoms with E-state index in [1.807, 2.05) is 14.1 Å². The largest absolute Gasteiger partial charge is 0.573 e. The number of aliphatic imine (C=N–C) groups is 1. The lowest BCUT2D eigenvalue weighted by molar-refractivity contribution is -0.274. The fraction of sp³-hybridized carbons (Fsp3) is 0.533. The Morgan fingerprint density at radius 1 is 1.22 bits per heavy atom. The van der Waals surface area contributed by atoms with Crippen molar-refractivity contribution in [2.24, 2.45) is 16.1 Å². The zero-order valence-corrected chi connectivity index (χ0v) is 13.7. The average Bonchev–Trinajstić information content (AvgIpc) is 2.36. The number of guanidine groups is 1. The van der Waals surface area contributed by atoms with Gasteiger partial charge in [-0.05, 0) is 43.8 Å². The van der Waals surface area contributed by atoms with Crippen LogP contribution in [0.25, 0.3) is 0 Å². The van der Waals surface area contributed by atoms with Gasteiger partial charge in [0.2, 0.25) is 0 Å². The van der Waals surface area contributed by atoms with E-state index in [4.69, 9.17) is 5.73 Å². The molecule has 0 aliphatic rings. The summed E-state index contributed by atoms with van der Waals surface area (Å²) in [4.78, 5) is 6.34. The van der Waals surface area contributed by atoms with E-state index < -0.39 is 6.36 Å². The van der Waals surface area contributed by atoms with Crippen LogP contribution in [0.3, 0.4) is 0 Å². The number of alkyl halides is 3. The van der Waals surface area contributed by atoms with Crippen LogP contribution in [0.4, 0.5) is 18.9 Å². The lowest BCUT2D eigenvalue weighted by atomic mass is 9.93. The number of halogens is 3. The fourth-order valence-electron chi connectivity index (χ4n) is 2.13. The maximum absolute atomic E-state index is 12.1. The molecule has 0 spiro atoms. The molecule has 0 atom stereocenters. The minimum absolute atomic E-state index is 0.0415. The van der Waals surface area contributed by atoms with Crippen LogP contribution in [-0.4, -0.2) is 44.4 Å². The van der Waals surface area contributed by atoms with Gasteiger partial charge in [0, 0.05) is 18.8 Å². The molecule has 1 aromatic rings. The number of hydrogen-bond acceptors (Lipinski definition) is 3. The smallest absolute Gasteiger partial charge is 0.406 e. The summed E-state index contributed by atoms with van der Waals surface area (Å²) < 4.78 is 40.0. The molecule has 0 bridgehead atoms. The van der Waals surface area contributed by atoms with E-state index in [-0.39, 0.29) is 17.1 Å². The minimum Gasteiger partial charge on any atom is -0.406 e. The molecule has 0 heterocycles. The molecule has 8 heteroatoms. The van der Waals surface area contributed by atoms with E-state index in [0.29, 0.717) is 12.2 Å². The maximum Gasteiger partial charge on any atom is 0.573 e. The van der Waals surface area contributed by atoms with Crippen molar-refractivity contribution in [3.05, 3.63) is 24.3 Å². The van der Waals surface area contributed by atoms with Gasteiger partial charge in [0.1, 0.15) is 5.75 Å². The van der Waals surface area contributed by atoms with Gasteiger partial charge in [0.25, 0.3) is 0 Å². The molecule has 0 saturated carbocycles. The molecule has 130 valence electrons. The van der Waals surface area contributed by atoms with Crippen molar-refractivity contribution < 1.29 is 17.9 Å². The van der Waals surface area contributed by atoms with Crippen molar-refractivity contribution in [2.45, 2.75) is 20.2 Å². The van der Waals surface area contributed by atoms with E-state index in [1.54, 1.807) is 0 Å². The minimum atomic E-state index is -4.70. The summed E-state index contributed by atoms with van der Waals surface area (Å²) in [6.07, 6.45) is -4.70. The molecule has 3 N–H and O–H groups in total. The summed E-state index contributed by atoms with van der Waals surface area (Å²) >= 11 is 0. The first kappa shape index (κ1) is 19.1. The van der Waals surface area contributed by atoms with Crippen molar-refractivity contribution >= 4 is 11.6 Å². The highest BCUT2D eigenvalue weighted by Gasteiger charge is 2.30. The van der Waals surface area contributed by atoms with Crippen molar-refractivity contribution in [2.75, 3.05) is 32.5 Å². The second-order valence-electron chi connectivity index (χ2n) is 6.30. The third-order valence-electron chi connectivity index (χ3n) is 2.78. The fourth-order valence-corrected chi connectivity index (χ4v) is 2.13. The van der Waals surface area contributed by atoms with E-state index in [9.17, 15) is 13.2 Å². The lowest BCUT2D eigenvalue weighted by Crippen LogP contribution is -2.32. The van der Waals surface area contributed by atoms with Crippen molar-refractivity contribution in [1.82, 2.24) is 4.90 Å². The Morgan fingerprint density at radius 2 is 1.78 bits per heavy atom. The summed E-state index contributed by atoms with van der Waals surface area (Å²) in [5.74, 6) is -0.0769. The summed E-state index contributed by atoms with van der Waals surface area (Å²) in [6.45, 7) is 5.53. The highest BCUT2D eigenvalue weighted by atomic mass is 19.4. The Kier molecular flexibility index (Phi) is 6.26. The number of nitrogens with zero attached hydrogens (tertiary/aromatic N) is 2. The number of rotatable bonds is 6. The van der Waals surface area contributed by atoms with Gasteiger partial charge in [-0.15, -0.1) is 13.2 Å². The van der Waals surface area contributed by atoms with Gasteiger partial charge in [0.05, 0.1) is 0 Å². The van der Waals surface area contributed by atoms with Gasteiger partial charge in [0.15, 0.2) is 5.96 Å². The molecule has 23 heavy (non-hydrogen) atoms. The van der Waals surface area contributed by atoms with E-state index in [2.05, 4.69) is 33.8 Å². The molecule has 0 fully saturated rings. The Bertz CT molecular complexity index is 525. The zero-order valence-electron chi connectivity index (χ0n) is 13.7. The van der Waals surface area contributed by atoms with Crippen LogP contribution < -0.4 is 15.8 Å². The first-order chi connectivity index (χ1) is 10.5. The topological polar surface area (TPSA) is 62.9 Å². The molecule has 0 unspecified atom stereocenters. The van der Waals surface area contributed by atoms with Crippen LogP contribution in [0, 0.1) is 5.41 Å². The number of ether oxygens (including phenoxy) is 1. The molecule has 0 aliphatic heterocycles. The predicted octanol–water partition coefficient (Wildman–Crippen LogP) is 2.90. The van der Waals surface area contributed by atoms with Crippen molar-refractivity contribution in [3.63, 3.8) is 0 Å². The summed E-state index contributed by atoms with van der Waals surface area (Å²) in [7, 11) is 3.97. The van der Waals surface area contributed by atoms with Crippen LogP contribution >= 0.6 is 0 Å². The molecule has 0 amide bonds. The number of nitrogens with one attached hydrogen (secondary N) is 1. The third kappa shape index (κ3) is 8.29. The standard InChI is InChI=1S/C15H23F3N4O/c1-14(2,10-22(3)4)9-20-13(19)21-11-5-7-12(8-6-11)23-15(16,17)18/h5-8H,9-10H2,1-4H3,(H3,19,20,21). The van der Waals surface area contributed by atoms with Gasteiger partial charge >= 0.3 is 6.36 Å². The quantitative estimate of drug-likeness (QED) is 0.621. The highest BCUT2D eigenvalue weighted by Crippen LogP contribution is 2.24. The van der Waals surface area contributed by atoms with Gasteiger partial charge in [-0.3, -0.25) is 4.99 Å². The molecular formula is C15H23F3N4O. The molecule has 1 aromatic carbocycles. The summed E-state index contributed by atoms with van der Waals surface area (Å²) in [5, 5.41) is 2.84. The molecule has 0 aromatic heterocycles. The van der Waals surface area contributed by atoms with E-state index >= 15 is 0 Å². The monoisotopic (exact) mass is 332 g/mol. The van der Waals surface area contributed by atoms with E-state index in [1.165, 1.54) is 24.3 Å². The Labute approximate surface area is 134 Å². The molecular weight excluding hydrogens is 309 g/mol. The van der Waals surface area contributed by atoms with Gasteiger partial charge in [-0.2, -0.15) is 0 Å². The Balaban J connectivity index is 2.60. The normalized spacial score (nSPS) is 13.3. The molecule has 1 rings (SSSR count). The molecule has 0 aliphatic carbocycles. The number of anilines is 1. The van der Waals surface area contributed by atoms with Crippen LogP contribution in [0.15, 0.2) is 29.3 Å². The van der Waals surface area contributed by atoms with Gasteiger partial charge in [-0.1, -0.05) is 13.8 Å². The SMILES string of the molecule is CN(C)CC(C)(C)CN=C(N)Nc1ccc(OC(F)(F)F)cc1. The first-order valence-electron chi connectivity index (χ1n) is 7.04. The van der Waals surface area contributed by atoms with Crippen LogP contribution in [0.5, 0.6) is 5.75 Å². The maximum atomic E-state index is 12.1. The number of benzene rings is 1. The van der Waals surface area contributed by atoms with Gasteiger partial charge in [-0.25, -0.2) is 0 Å². The predicted molar refractivity (Wildman–Crippen MR) is 85.6 cm³/mol. The average molecular weight is 332 g/mol. The first-order valence-corrected chi connectivity index (χ1v) is 7.04. The van der Waals surface area contributed by atoms with Gasteiger partial charge < -0.3 is 20.7 Å². The third-order valence-corrected chi connectivity index (χ3v) is 2.78. The van der Waals surface area contributed by atoms with Crippen molar-refractivity contribution in [1.29, 1.82) is 0 Å². The number of nitrogens with two attached hydrogens (primary N) is 1. The number of hydrogen-bond donors (Lipinski definition) is 2. The van der Waals surface area contributed by atoms with Crippen LogP contribution in [0.2, 0.25) is 0 Å². The lowest BCUT2D eigenvalue weighted by Gasteiger charge is -2.26. The molecule has 0 radical (unpaired) electrons. The second kappa shape index (κ2) is 7.54. The Morgan fingerprint density at radius 3 is 2.26 bits per heavy atom. The van der Waals surface area contributed by atoms with Crippen molar-refractivity contribution in [3.8, 4) is 5.75 Å². The summed E-state index contributed by atoms with van der Waals surface area (Å²) in [5.41, 5.74) is 6.29. The highest BCUT2D eigenvalue weighted by molar-refractivity contribution is 5.92. The van der Waals surface area contributed by atoms with Crippen LogP contribution in [0.1, 0.15) is 13.8 Å². The second-order valence-corrected chi connectivity index (χ2v) is 6.30. The molecule has 0 saturated heterocycles. The van der Waals surface area contributed by atoms with Crippen LogP contribution in [-0.2, 0) is 0 Å². The van der Waals surface area contributed by atoms with E-state index in [0.717, 1.165) is 6.54 Å².